The van der Waals surface area contributed by atoms with E-state index >= 15 is 0 Å². The van der Waals surface area contributed by atoms with Crippen molar-refractivity contribution in [2.24, 2.45) is 5.73 Å². The van der Waals surface area contributed by atoms with E-state index < -0.39 is 0 Å². The van der Waals surface area contributed by atoms with Crippen LogP contribution >= 0.6 is 0 Å². The first-order valence-corrected chi connectivity index (χ1v) is 5.64. The van der Waals surface area contributed by atoms with Crippen molar-refractivity contribution in [2.45, 2.75) is 51.4 Å². The number of aliphatic hydroxyl groups excluding tert-OH is 1. The molecule has 84 valence electrons. The number of aliphatic hydroxyl groups is 1. The average Bonchev–Trinajstić information content (AvgIpc) is 2.21. The number of nitrogens with two attached hydrogens (primary N) is 1. The van der Waals surface area contributed by atoms with E-state index in [1.165, 1.54) is 25.7 Å². The summed E-state index contributed by atoms with van der Waals surface area (Å²) in [5, 5.41) is 8.47. The zero-order valence-electron chi connectivity index (χ0n) is 9.00. The summed E-state index contributed by atoms with van der Waals surface area (Å²) in [6, 6.07) is 0. The third kappa shape index (κ3) is 9.68. The minimum absolute atomic E-state index is 0.0341. The van der Waals surface area contributed by atoms with Gasteiger partial charge in [-0.2, -0.15) is 0 Å². The zero-order valence-corrected chi connectivity index (χ0v) is 9.00. The van der Waals surface area contributed by atoms with Gasteiger partial charge in [-0.15, -0.1) is 0 Å². The maximum Gasteiger partial charge on any atom is 0.158 e. The number of hydrogen-bond donors (Lipinski definition) is 2. The Balaban J connectivity index is 2.95. The molecule has 0 aromatic rings. The van der Waals surface area contributed by atoms with E-state index in [0.717, 1.165) is 25.8 Å². The Kier molecular flexibility index (Phi) is 10.4. The molecule has 0 atom stereocenters. The van der Waals surface area contributed by atoms with Gasteiger partial charge in [0, 0.05) is 6.42 Å². The number of carbonyl (C=O) groups excluding carboxylic acids is 1. The summed E-state index contributed by atoms with van der Waals surface area (Å²) in [5.41, 5.74) is 5.38. The lowest BCUT2D eigenvalue weighted by Gasteiger charge is -2.00. The van der Waals surface area contributed by atoms with Gasteiger partial charge in [-0.1, -0.05) is 32.1 Å². The minimum atomic E-state index is -0.295. The summed E-state index contributed by atoms with van der Waals surface area (Å²) in [6.45, 7) is 0.501. The third-order valence-corrected chi connectivity index (χ3v) is 2.34. The Labute approximate surface area is 86.7 Å². The molecule has 0 aliphatic carbocycles. The quantitative estimate of drug-likeness (QED) is 0.528. The van der Waals surface area contributed by atoms with Crippen LogP contribution in [0.1, 0.15) is 51.4 Å². The molecular weight excluding hydrogens is 178 g/mol. The molecule has 3 N–H and O–H groups in total. The Hall–Kier alpha value is -0.410. The van der Waals surface area contributed by atoms with Gasteiger partial charge in [-0.05, 0) is 19.4 Å². The SMILES string of the molecule is NCCCCCCCCCC(=O)CO. The van der Waals surface area contributed by atoms with Crippen molar-refractivity contribution in [2.75, 3.05) is 13.2 Å². The second-order valence-electron chi connectivity index (χ2n) is 3.71. The van der Waals surface area contributed by atoms with Gasteiger partial charge in [0.2, 0.25) is 0 Å². The molecule has 0 aromatic heterocycles. The van der Waals surface area contributed by atoms with E-state index in [2.05, 4.69) is 0 Å². The van der Waals surface area contributed by atoms with Crippen LogP contribution in [0.15, 0.2) is 0 Å². The molecule has 0 spiro atoms. The monoisotopic (exact) mass is 201 g/mol. The molecule has 0 aliphatic heterocycles. The Morgan fingerprint density at radius 1 is 0.929 bits per heavy atom. The van der Waals surface area contributed by atoms with Crippen LogP contribution in [-0.4, -0.2) is 24.0 Å². The van der Waals surface area contributed by atoms with Gasteiger partial charge in [0.05, 0.1) is 0 Å². The first-order valence-electron chi connectivity index (χ1n) is 5.64. The van der Waals surface area contributed by atoms with Crippen molar-refractivity contribution in [1.29, 1.82) is 0 Å². The molecule has 3 heteroatoms. The van der Waals surface area contributed by atoms with Crippen molar-refractivity contribution in [3.63, 3.8) is 0 Å². The Bertz CT molecular complexity index is 137. The van der Waals surface area contributed by atoms with Crippen molar-refractivity contribution in [3.8, 4) is 0 Å². The van der Waals surface area contributed by atoms with Crippen LogP contribution in [0.3, 0.4) is 0 Å². The van der Waals surface area contributed by atoms with Gasteiger partial charge in [-0.3, -0.25) is 4.79 Å². The summed E-state index contributed by atoms with van der Waals surface area (Å²) in [7, 11) is 0. The topological polar surface area (TPSA) is 63.3 Å². The standard InChI is InChI=1S/C11H23NO2/c12-9-7-5-3-1-2-4-6-8-11(14)10-13/h13H,1-10,12H2. The highest BCUT2D eigenvalue weighted by Gasteiger charge is 1.98. The van der Waals surface area contributed by atoms with E-state index in [9.17, 15) is 4.79 Å². The molecule has 0 saturated heterocycles. The van der Waals surface area contributed by atoms with E-state index in [4.69, 9.17) is 10.8 Å². The van der Waals surface area contributed by atoms with Crippen molar-refractivity contribution in [1.82, 2.24) is 0 Å². The van der Waals surface area contributed by atoms with E-state index in [1.807, 2.05) is 0 Å². The lowest BCUT2D eigenvalue weighted by molar-refractivity contribution is -0.121. The molecule has 0 saturated carbocycles. The fourth-order valence-electron chi connectivity index (χ4n) is 1.43. The molecule has 0 aliphatic rings. The Morgan fingerprint density at radius 3 is 1.93 bits per heavy atom. The molecule has 0 aromatic carbocycles. The Morgan fingerprint density at radius 2 is 1.43 bits per heavy atom. The summed E-state index contributed by atoms with van der Waals surface area (Å²) >= 11 is 0. The van der Waals surface area contributed by atoms with Gasteiger partial charge in [0.15, 0.2) is 5.78 Å². The zero-order chi connectivity index (χ0) is 10.6. The molecule has 0 radical (unpaired) electrons. The van der Waals surface area contributed by atoms with Gasteiger partial charge >= 0.3 is 0 Å². The molecule has 0 bridgehead atoms. The fourth-order valence-corrected chi connectivity index (χ4v) is 1.43. The number of unbranched alkanes of at least 4 members (excludes halogenated alkanes) is 6. The number of carbonyl (C=O) groups is 1. The molecule has 0 heterocycles. The van der Waals surface area contributed by atoms with Crippen molar-refractivity contribution in [3.05, 3.63) is 0 Å². The van der Waals surface area contributed by atoms with Gasteiger partial charge in [0.1, 0.15) is 6.61 Å². The number of ketones is 1. The third-order valence-electron chi connectivity index (χ3n) is 2.34. The van der Waals surface area contributed by atoms with E-state index in [-0.39, 0.29) is 12.4 Å². The summed E-state index contributed by atoms with van der Waals surface area (Å²) in [5.74, 6) is -0.0341. The maximum absolute atomic E-state index is 10.7. The molecule has 14 heavy (non-hydrogen) atoms. The smallest absolute Gasteiger partial charge is 0.158 e. The lowest BCUT2D eigenvalue weighted by atomic mass is 10.1. The molecular formula is C11H23NO2. The predicted molar refractivity (Wildman–Crippen MR) is 58.1 cm³/mol. The molecule has 3 nitrogen and oxygen atoms in total. The summed E-state index contributed by atoms with van der Waals surface area (Å²) < 4.78 is 0. The van der Waals surface area contributed by atoms with E-state index in [1.54, 1.807) is 0 Å². The molecule has 0 amide bonds. The molecule has 0 unspecified atom stereocenters. The van der Waals surface area contributed by atoms with Crippen LogP contribution in [0, 0.1) is 0 Å². The molecule has 0 rings (SSSR count). The van der Waals surface area contributed by atoms with Crippen molar-refractivity contribution >= 4 is 5.78 Å². The van der Waals surface area contributed by atoms with E-state index in [0.29, 0.717) is 6.42 Å². The van der Waals surface area contributed by atoms with Crippen LogP contribution in [0.25, 0.3) is 0 Å². The largest absolute Gasteiger partial charge is 0.389 e. The fraction of sp³-hybridized carbons (Fsp3) is 0.909. The van der Waals surface area contributed by atoms with Gasteiger partial charge < -0.3 is 10.8 Å². The van der Waals surface area contributed by atoms with Crippen LogP contribution in [-0.2, 0) is 4.79 Å². The molecule has 0 fully saturated rings. The van der Waals surface area contributed by atoms with Gasteiger partial charge in [-0.25, -0.2) is 0 Å². The van der Waals surface area contributed by atoms with Crippen LogP contribution in [0.5, 0.6) is 0 Å². The minimum Gasteiger partial charge on any atom is -0.389 e. The second kappa shape index (κ2) is 10.7. The van der Waals surface area contributed by atoms with Crippen molar-refractivity contribution < 1.29 is 9.90 Å². The maximum atomic E-state index is 10.7. The highest BCUT2D eigenvalue weighted by Crippen LogP contribution is 2.08. The first kappa shape index (κ1) is 13.6. The number of Topliss-reactive ketones (excluding diaryl/α,β-unsaturated/α-hetero) is 1. The number of hydrogen-bond acceptors (Lipinski definition) is 3. The van der Waals surface area contributed by atoms with Gasteiger partial charge in [0.25, 0.3) is 0 Å². The first-order chi connectivity index (χ1) is 6.81. The normalized spacial score (nSPS) is 10.4. The van der Waals surface area contributed by atoms with Crippen LogP contribution in [0.2, 0.25) is 0 Å². The second-order valence-corrected chi connectivity index (χ2v) is 3.71. The highest BCUT2D eigenvalue weighted by molar-refractivity contribution is 5.79. The summed E-state index contributed by atoms with van der Waals surface area (Å²) in [6.07, 6.45) is 8.63. The van der Waals surface area contributed by atoms with Crippen LogP contribution < -0.4 is 5.73 Å². The van der Waals surface area contributed by atoms with Crippen LogP contribution in [0.4, 0.5) is 0 Å². The lowest BCUT2D eigenvalue weighted by Crippen LogP contribution is -2.02. The summed E-state index contributed by atoms with van der Waals surface area (Å²) in [4.78, 5) is 10.7. The predicted octanol–water partition coefficient (Wildman–Crippen LogP) is 1.63. The average molecular weight is 201 g/mol. The number of rotatable bonds is 10. The highest BCUT2D eigenvalue weighted by atomic mass is 16.3.